The van der Waals surface area contributed by atoms with E-state index in [2.05, 4.69) is 0 Å². The third-order valence-electron chi connectivity index (χ3n) is 5.01. The smallest absolute Gasteiger partial charge is 0.218 e. The highest BCUT2D eigenvalue weighted by Crippen LogP contribution is 2.34. The first-order valence-electron chi connectivity index (χ1n) is 8.46. The van der Waals surface area contributed by atoms with Crippen molar-refractivity contribution in [1.82, 2.24) is 4.57 Å². The summed E-state index contributed by atoms with van der Waals surface area (Å²) in [4.78, 5) is 0. The number of rotatable bonds is 2. The van der Waals surface area contributed by atoms with Gasteiger partial charge in [0.05, 0.1) is 0 Å². The summed E-state index contributed by atoms with van der Waals surface area (Å²) in [6.45, 7) is 0.435. The molecule has 27 heavy (non-hydrogen) atoms. The average Bonchev–Trinajstić information content (AvgIpc) is 3.13. The molecule has 5 rings (SSSR count). The van der Waals surface area contributed by atoms with Crippen molar-refractivity contribution in [2.45, 2.75) is 13.1 Å². The predicted octanol–water partition coefficient (Wildman–Crippen LogP) is 4.56. The molecule has 0 amide bonds. The molecule has 3 aromatic carbocycles. The van der Waals surface area contributed by atoms with Gasteiger partial charge in [0, 0.05) is 23.3 Å². The molecule has 2 nitrogen and oxygen atoms in total. The highest BCUT2D eigenvalue weighted by Gasteiger charge is 2.36. The molecule has 0 radical (unpaired) electrons. The summed E-state index contributed by atoms with van der Waals surface area (Å²) in [6.07, 6.45) is 0. The molecule has 1 aromatic heterocycles. The zero-order valence-corrected chi connectivity index (χ0v) is 14.0. The minimum Gasteiger partial charge on any atom is -0.218 e. The van der Waals surface area contributed by atoms with Crippen LogP contribution in [0.25, 0.3) is 22.4 Å². The minimum atomic E-state index is -0.663. The van der Waals surface area contributed by atoms with Crippen LogP contribution >= 0.6 is 0 Å². The van der Waals surface area contributed by atoms with Gasteiger partial charge in [-0.3, -0.25) is 0 Å². The number of imidazole rings is 1. The summed E-state index contributed by atoms with van der Waals surface area (Å²) in [7, 11) is 0. The van der Waals surface area contributed by atoms with Crippen molar-refractivity contribution in [2.24, 2.45) is 0 Å². The Labute approximate surface area is 151 Å². The fourth-order valence-electron chi connectivity index (χ4n) is 3.88. The van der Waals surface area contributed by atoms with Crippen LogP contribution in [-0.2, 0) is 13.1 Å². The number of aromatic nitrogens is 2. The lowest BCUT2D eigenvalue weighted by Gasteiger charge is -2.05. The Morgan fingerprint density at radius 2 is 1.63 bits per heavy atom. The van der Waals surface area contributed by atoms with Crippen molar-refractivity contribution < 1.29 is 22.1 Å². The highest BCUT2D eigenvalue weighted by molar-refractivity contribution is 5.78. The van der Waals surface area contributed by atoms with E-state index in [0.717, 1.165) is 23.2 Å². The van der Waals surface area contributed by atoms with Crippen molar-refractivity contribution in [2.75, 3.05) is 0 Å². The summed E-state index contributed by atoms with van der Waals surface area (Å²) in [5.74, 6) is -2.05. The minimum absolute atomic E-state index is 0.102. The second kappa shape index (κ2) is 5.67. The van der Waals surface area contributed by atoms with Gasteiger partial charge in [0.15, 0.2) is 11.0 Å². The standard InChI is InChI=1S/C21H13F4N2/c22-14-6-5-12(16(24)8-14)10-26-18-3-1-2-4-19(18)27-11-13-7-15(23)9-17(25)20(13)21(26)27/h1-9H,10-11H2/q+1. The summed E-state index contributed by atoms with van der Waals surface area (Å²) < 4.78 is 59.5. The van der Waals surface area contributed by atoms with Gasteiger partial charge in [-0.05, 0) is 30.3 Å². The van der Waals surface area contributed by atoms with Gasteiger partial charge in [0.25, 0.3) is 5.82 Å². The molecule has 134 valence electrons. The molecule has 0 unspecified atom stereocenters. The first-order chi connectivity index (χ1) is 13.0. The van der Waals surface area contributed by atoms with Crippen molar-refractivity contribution in [3.05, 3.63) is 89.0 Å². The number of halogens is 4. The average molecular weight is 369 g/mol. The normalized spacial score (nSPS) is 12.4. The van der Waals surface area contributed by atoms with Crippen LogP contribution in [0.4, 0.5) is 17.6 Å². The van der Waals surface area contributed by atoms with Crippen molar-refractivity contribution in [3.63, 3.8) is 0 Å². The van der Waals surface area contributed by atoms with Gasteiger partial charge < -0.3 is 0 Å². The van der Waals surface area contributed by atoms with Crippen molar-refractivity contribution >= 4 is 11.0 Å². The molecule has 0 bridgehead atoms. The van der Waals surface area contributed by atoms with Crippen LogP contribution in [0.1, 0.15) is 11.1 Å². The van der Waals surface area contributed by atoms with Crippen LogP contribution in [0.3, 0.4) is 0 Å². The Bertz CT molecular complexity index is 1230. The maximum atomic E-state index is 14.6. The molecule has 0 saturated heterocycles. The highest BCUT2D eigenvalue weighted by atomic mass is 19.1. The van der Waals surface area contributed by atoms with E-state index in [1.165, 1.54) is 18.2 Å². The van der Waals surface area contributed by atoms with Crippen LogP contribution in [0.2, 0.25) is 0 Å². The number of benzene rings is 3. The van der Waals surface area contributed by atoms with Crippen LogP contribution in [0.15, 0.2) is 54.6 Å². The second-order valence-electron chi connectivity index (χ2n) is 6.64. The quantitative estimate of drug-likeness (QED) is 0.319. The molecule has 0 atom stereocenters. The maximum Gasteiger partial charge on any atom is 0.293 e. The molecule has 1 aliphatic rings. The van der Waals surface area contributed by atoms with E-state index in [-0.39, 0.29) is 12.1 Å². The van der Waals surface area contributed by atoms with E-state index in [1.807, 2.05) is 28.8 Å². The summed E-state index contributed by atoms with van der Waals surface area (Å²) in [5, 5.41) is 0. The van der Waals surface area contributed by atoms with Gasteiger partial charge in [-0.15, -0.1) is 0 Å². The Hall–Kier alpha value is -3.15. The maximum absolute atomic E-state index is 14.6. The van der Waals surface area contributed by atoms with Crippen LogP contribution in [0, 0.1) is 23.3 Å². The topological polar surface area (TPSA) is 8.81 Å². The van der Waals surface area contributed by atoms with E-state index < -0.39 is 23.3 Å². The molecule has 6 heteroatoms. The molecule has 0 aliphatic carbocycles. The fraction of sp³-hybridized carbons (Fsp3) is 0.0952. The van der Waals surface area contributed by atoms with Gasteiger partial charge in [0.2, 0.25) is 0 Å². The van der Waals surface area contributed by atoms with Crippen LogP contribution in [0.5, 0.6) is 0 Å². The lowest BCUT2D eigenvalue weighted by molar-refractivity contribution is -0.646. The van der Waals surface area contributed by atoms with Gasteiger partial charge in [-0.2, -0.15) is 0 Å². The summed E-state index contributed by atoms with van der Waals surface area (Å²) >= 11 is 0. The zero-order valence-electron chi connectivity index (χ0n) is 14.0. The molecule has 1 aliphatic heterocycles. The monoisotopic (exact) mass is 369 g/mol. The first-order valence-corrected chi connectivity index (χ1v) is 8.46. The number of fused-ring (bicyclic) bond motifs is 5. The third kappa shape index (κ3) is 2.36. The Morgan fingerprint density at radius 3 is 2.44 bits per heavy atom. The molecule has 0 spiro atoms. The zero-order chi connectivity index (χ0) is 18.7. The number of hydrogen-bond donors (Lipinski definition) is 0. The van der Waals surface area contributed by atoms with Crippen LogP contribution < -0.4 is 4.57 Å². The Balaban J connectivity index is 1.78. The van der Waals surface area contributed by atoms with Crippen LogP contribution in [-0.4, -0.2) is 4.57 Å². The van der Waals surface area contributed by atoms with E-state index in [0.29, 0.717) is 23.5 Å². The fourth-order valence-corrected chi connectivity index (χ4v) is 3.88. The SMILES string of the molecule is Fc1ccc(Cn2c3[n+](c4ccccc42)Cc2cc(F)cc(F)c2-3)c(F)c1. The molecular weight excluding hydrogens is 356 g/mol. The van der Waals surface area contributed by atoms with Gasteiger partial charge in [-0.1, -0.05) is 12.1 Å². The molecule has 0 saturated carbocycles. The third-order valence-corrected chi connectivity index (χ3v) is 5.01. The number of nitrogens with zero attached hydrogens (tertiary/aromatic N) is 2. The first kappa shape index (κ1) is 16.1. The number of hydrogen-bond acceptors (Lipinski definition) is 0. The Morgan fingerprint density at radius 1 is 0.852 bits per heavy atom. The molecular formula is C21H13F4N2+. The molecule has 0 N–H and O–H groups in total. The van der Waals surface area contributed by atoms with Gasteiger partial charge >= 0.3 is 0 Å². The summed E-state index contributed by atoms with van der Waals surface area (Å²) in [6, 6.07) is 13.0. The molecule has 0 fully saturated rings. The van der Waals surface area contributed by atoms with E-state index in [1.54, 1.807) is 4.57 Å². The lowest BCUT2D eigenvalue weighted by atomic mass is 10.1. The molecule has 2 heterocycles. The second-order valence-corrected chi connectivity index (χ2v) is 6.64. The van der Waals surface area contributed by atoms with E-state index >= 15 is 0 Å². The predicted molar refractivity (Wildman–Crippen MR) is 92.0 cm³/mol. The molecule has 4 aromatic rings. The van der Waals surface area contributed by atoms with Gasteiger partial charge in [-0.25, -0.2) is 26.7 Å². The number of para-hydroxylation sites is 2. The van der Waals surface area contributed by atoms with Crippen molar-refractivity contribution in [1.29, 1.82) is 0 Å². The summed E-state index contributed by atoms with van der Waals surface area (Å²) in [5.41, 5.74) is 2.78. The van der Waals surface area contributed by atoms with E-state index in [9.17, 15) is 17.6 Å². The largest absolute Gasteiger partial charge is 0.293 e. The van der Waals surface area contributed by atoms with E-state index in [4.69, 9.17) is 0 Å². The van der Waals surface area contributed by atoms with Crippen molar-refractivity contribution in [3.8, 4) is 11.4 Å². The van der Waals surface area contributed by atoms with Gasteiger partial charge in [0.1, 0.15) is 41.9 Å². The Kier molecular flexibility index (Phi) is 3.37. The lowest BCUT2D eigenvalue weighted by Crippen LogP contribution is -2.31.